The highest BCUT2D eigenvalue weighted by molar-refractivity contribution is 7.90. The monoisotopic (exact) mass is 321 g/mol. The van der Waals surface area contributed by atoms with Crippen molar-refractivity contribution < 1.29 is 8.42 Å². The summed E-state index contributed by atoms with van der Waals surface area (Å²) in [7, 11) is -3.56. The highest BCUT2D eigenvalue weighted by Gasteiger charge is 2.29. The molecule has 1 aliphatic carbocycles. The van der Waals surface area contributed by atoms with Gasteiger partial charge in [0.05, 0.1) is 11.7 Å². The lowest BCUT2D eigenvalue weighted by atomic mass is 9.87. The van der Waals surface area contributed by atoms with E-state index >= 15 is 0 Å². The largest absolute Gasteiger partial charge is 0.324 e. The van der Waals surface area contributed by atoms with Gasteiger partial charge in [-0.05, 0) is 36.0 Å². The number of hydrogen-bond donors (Lipinski definition) is 2. The van der Waals surface area contributed by atoms with Crippen LogP contribution in [0.3, 0.4) is 0 Å². The number of benzene rings is 1. The molecule has 0 spiro atoms. The molecule has 1 saturated carbocycles. The van der Waals surface area contributed by atoms with E-state index in [0.717, 1.165) is 18.4 Å². The van der Waals surface area contributed by atoms with Crippen LogP contribution in [0.1, 0.15) is 52.0 Å². The zero-order valence-electron chi connectivity index (χ0n) is 13.3. The Morgan fingerprint density at radius 3 is 2.50 bits per heavy atom. The molecule has 1 aromatic carbocycles. The lowest BCUT2D eigenvalue weighted by molar-refractivity contribution is 0.581. The number of sulfonamides is 1. The number of rotatable bonds is 1. The Morgan fingerprint density at radius 1 is 1.18 bits per heavy atom. The fourth-order valence-corrected chi connectivity index (χ4v) is 4.08. The third-order valence-corrected chi connectivity index (χ3v) is 5.64. The number of nitrogens with one attached hydrogen (secondary N) is 2. The van der Waals surface area contributed by atoms with Crippen molar-refractivity contribution in [3.63, 3.8) is 0 Å². The molecule has 0 atom stereocenters. The number of anilines is 1. The predicted octanol–water partition coefficient (Wildman–Crippen LogP) is 2.99. The van der Waals surface area contributed by atoms with Crippen LogP contribution in [0.2, 0.25) is 0 Å². The average molecular weight is 321 g/mol. The molecule has 120 valence electrons. The third-order valence-electron chi connectivity index (χ3n) is 4.26. The Balaban J connectivity index is 1.97. The Labute approximate surface area is 132 Å². The Morgan fingerprint density at radius 2 is 1.86 bits per heavy atom. The van der Waals surface area contributed by atoms with Crippen molar-refractivity contribution in [1.29, 1.82) is 0 Å². The number of nitrogens with zero attached hydrogens (tertiary/aromatic N) is 1. The molecule has 0 saturated heterocycles. The summed E-state index contributed by atoms with van der Waals surface area (Å²) in [6.45, 7) is 6.20. The fourth-order valence-electron chi connectivity index (χ4n) is 2.92. The molecule has 22 heavy (non-hydrogen) atoms. The molecule has 0 amide bonds. The zero-order chi connectivity index (χ0) is 16.0. The quantitative estimate of drug-likeness (QED) is 0.835. The molecule has 0 aromatic heterocycles. The van der Waals surface area contributed by atoms with Gasteiger partial charge in [-0.15, -0.1) is 0 Å². The zero-order valence-corrected chi connectivity index (χ0v) is 14.1. The van der Waals surface area contributed by atoms with Crippen LogP contribution in [0, 0.1) is 0 Å². The minimum Gasteiger partial charge on any atom is -0.324 e. The molecule has 1 fully saturated rings. The van der Waals surface area contributed by atoms with Crippen molar-refractivity contribution in [3.8, 4) is 0 Å². The van der Waals surface area contributed by atoms with Gasteiger partial charge < -0.3 is 5.32 Å². The molecule has 0 radical (unpaired) electrons. The van der Waals surface area contributed by atoms with Gasteiger partial charge in [0.1, 0.15) is 4.90 Å². The van der Waals surface area contributed by atoms with E-state index in [9.17, 15) is 8.42 Å². The summed E-state index contributed by atoms with van der Waals surface area (Å²) in [5, 5.41) is 3.12. The second kappa shape index (κ2) is 5.26. The maximum atomic E-state index is 12.5. The Kier molecular flexibility index (Phi) is 3.67. The van der Waals surface area contributed by atoms with Gasteiger partial charge in [-0.2, -0.15) is 0 Å². The lowest BCUT2D eigenvalue weighted by Gasteiger charge is -2.25. The highest BCUT2D eigenvalue weighted by atomic mass is 32.2. The van der Waals surface area contributed by atoms with Crippen LogP contribution in [0.15, 0.2) is 28.1 Å². The normalized spacial score (nSPS) is 23.0. The van der Waals surface area contributed by atoms with Gasteiger partial charge in [-0.25, -0.2) is 18.1 Å². The predicted molar refractivity (Wildman–Crippen MR) is 88.8 cm³/mol. The summed E-state index contributed by atoms with van der Waals surface area (Å²) in [5.41, 5.74) is 1.50. The molecule has 1 aliphatic heterocycles. The van der Waals surface area contributed by atoms with E-state index in [1.54, 1.807) is 6.07 Å². The molecule has 3 rings (SSSR count). The van der Waals surface area contributed by atoms with Gasteiger partial charge in [0.15, 0.2) is 0 Å². The summed E-state index contributed by atoms with van der Waals surface area (Å²) >= 11 is 0. The first-order valence-electron chi connectivity index (χ1n) is 7.78. The summed E-state index contributed by atoms with van der Waals surface area (Å²) in [5.74, 6) is 0.350. The molecule has 1 heterocycles. The minimum absolute atomic E-state index is 0.0945. The maximum absolute atomic E-state index is 12.5. The number of fused-ring (bicyclic) bond motifs is 1. The summed E-state index contributed by atoms with van der Waals surface area (Å²) in [6.07, 6.45) is 4.39. The van der Waals surface area contributed by atoms with E-state index in [1.165, 1.54) is 12.8 Å². The van der Waals surface area contributed by atoms with Crippen LogP contribution in [-0.2, 0) is 15.4 Å². The summed E-state index contributed by atoms with van der Waals surface area (Å²) in [6, 6.07) is 5.77. The van der Waals surface area contributed by atoms with E-state index in [2.05, 4.69) is 35.8 Å². The molecule has 0 unspecified atom stereocenters. The first-order valence-corrected chi connectivity index (χ1v) is 9.26. The molecule has 0 bridgehead atoms. The topological polar surface area (TPSA) is 70.6 Å². The molecule has 6 heteroatoms. The van der Waals surface area contributed by atoms with Crippen LogP contribution >= 0.6 is 0 Å². The number of guanidine groups is 1. The standard InChI is InChI=1S/C16H23N3O2S/c1-16(2,3)11-8-9-13-14(10-11)22(20,21)19-15(18-13)17-12-6-4-5-7-12/h8-10,12H,4-7H2,1-3H3,(H2,17,18,19). The molecule has 2 aliphatic rings. The first-order chi connectivity index (χ1) is 10.3. The van der Waals surface area contributed by atoms with Crippen molar-refractivity contribution in [3.05, 3.63) is 23.8 Å². The Bertz CT molecular complexity index is 711. The lowest BCUT2D eigenvalue weighted by Crippen LogP contribution is -2.41. The van der Waals surface area contributed by atoms with Crippen molar-refractivity contribution in [2.75, 3.05) is 5.32 Å². The molecule has 5 nitrogen and oxygen atoms in total. The van der Waals surface area contributed by atoms with E-state index in [0.29, 0.717) is 16.5 Å². The molecule has 1 aromatic rings. The van der Waals surface area contributed by atoms with E-state index < -0.39 is 10.0 Å². The van der Waals surface area contributed by atoms with Gasteiger partial charge in [0.25, 0.3) is 10.0 Å². The van der Waals surface area contributed by atoms with E-state index in [4.69, 9.17) is 0 Å². The second-order valence-corrected chi connectivity index (χ2v) is 8.76. The first kappa shape index (κ1) is 15.3. The van der Waals surface area contributed by atoms with Gasteiger partial charge in [-0.3, -0.25) is 0 Å². The van der Waals surface area contributed by atoms with Gasteiger partial charge >= 0.3 is 0 Å². The van der Waals surface area contributed by atoms with Gasteiger partial charge in [0, 0.05) is 0 Å². The highest BCUT2D eigenvalue weighted by Crippen LogP contribution is 2.31. The van der Waals surface area contributed by atoms with Crippen molar-refractivity contribution in [2.45, 2.75) is 62.8 Å². The number of aliphatic imine (C=N–C) groups is 1. The SMILES string of the molecule is CC(C)(C)c1ccc2c(c1)S(=O)(=O)NC(=NC1CCCC1)N2. The Hall–Kier alpha value is -1.56. The van der Waals surface area contributed by atoms with E-state index in [1.807, 2.05) is 12.1 Å². The smallest absolute Gasteiger partial charge is 0.266 e. The van der Waals surface area contributed by atoms with Crippen LogP contribution < -0.4 is 10.0 Å². The van der Waals surface area contributed by atoms with Crippen LogP contribution in [-0.4, -0.2) is 20.4 Å². The van der Waals surface area contributed by atoms with Gasteiger partial charge in [0.2, 0.25) is 5.96 Å². The summed E-state index contributed by atoms with van der Waals surface area (Å²) in [4.78, 5) is 4.81. The fraction of sp³-hybridized carbons (Fsp3) is 0.562. The minimum atomic E-state index is -3.56. The number of hydrogen-bond acceptors (Lipinski definition) is 3. The van der Waals surface area contributed by atoms with Crippen LogP contribution in [0.4, 0.5) is 5.69 Å². The van der Waals surface area contributed by atoms with Crippen molar-refractivity contribution >= 4 is 21.7 Å². The summed E-state index contributed by atoms with van der Waals surface area (Å²) < 4.78 is 27.6. The maximum Gasteiger partial charge on any atom is 0.266 e. The molecular formula is C16H23N3O2S. The van der Waals surface area contributed by atoms with Crippen LogP contribution in [0.5, 0.6) is 0 Å². The average Bonchev–Trinajstić information content (AvgIpc) is 2.89. The molecular weight excluding hydrogens is 298 g/mol. The van der Waals surface area contributed by atoms with Crippen LogP contribution in [0.25, 0.3) is 0 Å². The van der Waals surface area contributed by atoms with Crippen molar-refractivity contribution in [2.24, 2.45) is 4.99 Å². The van der Waals surface area contributed by atoms with Gasteiger partial charge in [-0.1, -0.05) is 39.7 Å². The second-order valence-electron chi connectivity index (χ2n) is 7.11. The van der Waals surface area contributed by atoms with Crippen molar-refractivity contribution in [1.82, 2.24) is 4.72 Å². The third kappa shape index (κ3) is 2.97. The molecule has 2 N–H and O–H groups in total. The van der Waals surface area contributed by atoms with E-state index in [-0.39, 0.29) is 11.5 Å².